The number of thioether (sulfide) groups is 2. The third-order valence-corrected chi connectivity index (χ3v) is 5.22. The molecule has 1 rings (SSSR count). The molecule has 0 aromatic heterocycles. The first-order chi connectivity index (χ1) is 11.9. The van der Waals surface area contributed by atoms with Gasteiger partial charge in [0.25, 0.3) is 5.17 Å². The Hall–Kier alpha value is -2.16. The highest BCUT2D eigenvalue weighted by molar-refractivity contribution is 8.13. The molecule has 1 aromatic rings. The number of nitrogens with two attached hydrogens (primary N) is 1. The van der Waals surface area contributed by atoms with E-state index in [1.165, 1.54) is 28.1 Å². The summed E-state index contributed by atoms with van der Waals surface area (Å²) in [5.74, 6) is 0. The summed E-state index contributed by atoms with van der Waals surface area (Å²) in [5, 5.41) is 22.3. The second-order valence-electron chi connectivity index (χ2n) is 5.40. The predicted molar refractivity (Wildman–Crippen MR) is 106 cm³/mol. The Morgan fingerprint density at radius 2 is 1.84 bits per heavy atom. The first-order valence-electron chi connectivity index (χ1n) is 7.56. The maximum absolute atomic E-state index is 9.36. The normalized spacial score (nSPS) is 12.2. The number of amidine groups is 2. The summed E-state index contributed by atoms with van der Waals surface area (Å²) in [6.45, 7) is 7.17. The van der Waals surface area contributed by atoms with Gasteiger partial charge in [0.05, 0.1) is 0 Å². The SMILES string of the molecule is CSC(=NC#N)NCc1c(C)cc(C)c(C[N+](C#N)=C(N)SC)c1C. The molecule has 6 nitrogen and oxygen atoms in total. The second-order valence-corrected chi connectivity index (χ2v) is 7.02. The van der Waals surface area contributed by atoms with Crippen molar-refractivity contribution in [3.63, 3.8) is 0 Å². The zero-order chi connectivity index (χ0) is 19.0. The molecule has 0 atom stereocenters. The molecule has 0 spiro atoms. The molecular formula is C17H23N6S2+. The van der Waals surface area contributed by atoms with Gasteiger partial charge in [0, 0.05) is 11.8 Å². The van der Waals surface area contributed by atoms with Gasteiger partial charge in [-0.2, -0.15) is 9.84 Å². The molecule has 0 saturated carbocycles. The van der Waals surface area contributed by atoms with Crippen LogP contribution in [0.1, 0.15) is 27.8 Å². The molecule has 0 radical (unpaired) electrons. The number of hydrogen-bond donors (Lipinski definition) is 2. The molecule has 0 aliphatic carbocycles. The highest BCUT2D eigenvalue weighted by atomic mass is 32.2. The van der Waals surface area contributed by atoms with Crippen molar-refractivity contribution in [2.75, 3.05) is 12.5 Å². The number of benzene rings is 1. The topological polar surface area (TPSA) is 101 Å². The van der Waals surface area contributed by atoms with Gasteiger partial charge < -0.3 is 11.1 Å². The van der Waals surface area contributed by atoms with Crippen molar-refractivity contribution in [1.82, 2.24) is 5.32 Å². The van der Waals surface area contributed by atoms with Crippen LogP contribution < -0.4 is 11.1 Å². The predicted octanol–water partition coefficient (Wildman–Crippen LogP) is 2.57. The molecule has 0 unspecified atom stereocenters. The fourth-order valence-electron chi connectivity index (χ4n) is 2.59. The maximum Gasteiger partial charge on any atom is 0.371 e. The van der Waals surface area contributed by atoms with E-state index >= 15 is 0 Å². The maximum atomic E-state index is 9.36. The minimum atomic E-state index is 0.440. The number of aryl methyl sites for hydroxylation is 2. The lowest BCUT2D eigenvalue weighted by Crippen LogP contribution is -2.24. The van der Waals surface area contributed by atoms with Gasteiger partial charge in [0.15, 0.2) is 5.17 Å². The second kappa shape index (κ2) is 9.97. The summed E-state index contributed by atoms with van der Waals surface area (Å²) in [5.41, 5.74) is 11.6. The zero-order valence-corrected chi connectivity index (χ0v) is 16.8. The third-order valence-electron chi connectivity index (χ3n) is 3.96. The molecule has 8 heteroatoms. The summed E-state index contributed by atoms with van der Waals surface area (Å²) in [7, 11) is 0. The van der Waals surface area contributed by atoms with E-state index in [2.05, 4.69) is 36.4 Å². The standard InChI is InChI=1S/C17H22N6S2/c1-11-6-12(2)15(8-23(10-19)16(20)24-4)13(3)14(11)7-21-17(25-5)22-9-18/h6,20H,7-8H2,1-5H3,(H,21,22)/p+1. The molecule has 0 heterocycles. The van der Waals surface area contributed by atoms with Crippen LogP contribution in [0.15, 0.2) is 11.1 Å². The van der Waals surface area contributed by atoms with Crippen molar-refractivity contribution in [3.05, 3.63) is 33.9 Å². The Morgan fingerprint density at radius 3 is 2.36 bits per heavy atom. The molecule has 0 amide bonds. The molecule has 1 aromatic carbocycles. The van der Waals surface area contributed by atoms with E-state index in [4.69, 9.17) is 11.0 Å². The minimum Gasteiger partial charge on any atom is -0.360 e. The van der Waals surface area contributed by atoms with Gasteiger partial charge >= 0.3 is 6.19 Å². The van der Waals surface area contributed by atoms with Crippen LogP contribution in [0.3, 0.4) is 0 Å². The molecule has 0 fully saturated rings. The van der Waals surface area contributed by atoms with Crippen LogP contribution in [-0.2, 0) is 13.1 Å². The van der Waals surface area contributed by atoms with E-state index in [-0.39, 0.29) is 0 Å². The zero-order valence-electron chi connectivity index (χ0n) is 15.2. The Kier molecular flexibility index (Phi) is 8.33. The highest BCUT2D eigenvalue weighted by Crippen LogP contribution is 2.23. The Bertz CT molecular complexity index is 784. The van der Waals surface area contributed by atoms with Crippen molar-refractivity contribution in [2.45, 2.75) is 33.9 Å². The van der Waals surface area contributed by atoms with E-state index in [0.29, 0.717) is 23.4 Å². The number of nitrogens with zero attached hydrogens (tertiary/aromatic N) is 4. The number of hydrogen-bond acceptors (Lipinski definition) is 5. The van der Waals surface area contributed by atoms with Gasteiger partial charge in [-0.1, -0.05) is 29.6 Å². The van der Waals surface area contributed by atoms with E-state index in [1.54, 1.807) is 6.19 Å². The fourth-order valence-corrected chi connectivity index (χ4v) is 3.26. The van der Waals surface area contributed by atoms with Crippen molar-refractivity contribution in [1.29, 1.82) is 10.5 Å². The van der Waals surface area contributed by atoms with Crippen LogP contribution in [0, 0.1) is 43.7 Å². The molecule has 3 N–H and O–H groups in total. The van der Waals surface area contributed by atoms with Gasteiger partial charge in [0.1, 0.15) is 6.54 Å². The van der Waals surface area contributed by atoms with Crippen molar-refractivity contribution < 1.29 is 4.58 Å². The number of aliphatic imine (C=N–C) groups is 1. The van der Waals surface area contributed by atoms with E-state index in [0.717, 1.165) is 27.8 Å². The van der Waals surface area contributed by atoms with Gasteiger partial charge in [-0.3, -0.25) is 0 Å². The van der Waals surface area contributed by atoms with Crippen LogP contribution >= 0.6 is 23.5 Å². The summed E-state index contributed by atoms with van der Waals surface area (Å²) < 4.78 is 1.50. The number of nitriles is 2. The van der Waals surface area contributed by atoms with Crippen LogP contribution in [0.5, 0.6) is 0 Å². The molecule has 0 aliphatic heterocycles. The van der Waals surface area contributed by atoms with Gasteiger partial charge in [-0.05, 0) is 61.1 Å². The first-order valence-corrected chi connectivity index (χ1v) is 10.0. The van der Waals surface area contributed by atoms with Crippen LogP contribution in [-0.4, -0.2) is 27.4 Å². The lowest BCUT2D eigenvalue weighted by atomic mass is 9.93. The lowest BCUT2D eigenvalue weighted by molar-refractivity contribution is -0.454. The third kappa shape index (κ3) is 5.42. The largest absolute Gasteiger partial charge is 0.371 e. The lowest BCUT2D eigenvalue weighted by Gasteiger charge is -2.18. The first kappa shape index (κ1) is 20.9. The summed E-state index contributed by atoms with van der Waals surface area (Å²) in [4.78, 5) is 3.75. The Balaban J connectivity index is 3.25. The van der Waals surface area contributed by atoms with E-state index < -0.39 is 0 Å². The average molecular weight is 376 g/mol. The molecule has 25 heavy (non-hydrogen) atoms. The van der Waals surface area contributed by atoms with E-state index in [9.17, 15) is 5.26 Å². The summed E-state index contributed by atoms with van der Waals surface area (Å²) >= 11 is 2.75. The minimum absolute atomic E-state index is 0.440. The van der Waals surface area contributed by atoms with Crippen LogP contribution in [0.25, 0.3) is 0 Å². The van der Waals surface area contributed by atoms with Crippen molar-refractivity contribution in [2.24, 2.45) is 10.7 Å². The number of nitrogens with one attached hydrogen (secondary N) is 1. The quantitative estimate of drug-likeness (QED) is 0.276. The van der Waals surface area contributed by atoms with Gasteiger partial charge in [0.2, 0.25) is 6.19 Å². The number of rotatable bonds is 4. The van der Waals surface area contributed by atoms with Crippen molar-refractivity contribution >= 4 is 33.9 Å². The van der Waals surface area contributed by atoms with E-state index in [1.807, 2.05) is 19.4 Å². The van der Waals surface area contributed by atoms with Crippen molar-refractivity contribution in [3.8, 4) is 12.4 Å². The fraction of sp³-hybridized carbons (Fsp3) is 0.412. The monoisotopic (exact) mass is 375 g/mol. The molecular weight excluding hydrogens is 352 g/mol. The smallest absolute Gasteiger partial charge is 0.360 e. The summed E-state index contributed by atoms with van der Waals surface area (Å²) in [6, 6.07) is 2.12. The summed E-state index contributed by atoms with van der Waals surface area (Å²) in [6.07, 6.45) is 7.66. The van der Waals surface area contributed by atoms with Gasteiger partial charge in [-0.15, -0.1) is 4.99 Å². The molecule has 0 aliphatic rings. The molecule has 132 valence electrons. The van der Waals surface area contributed by atoms with Gasteiger partial charge in [-0.25, -0.2) is 0 Å². The average Bonchev–Trinajstić information content (AvgIpc) is 2.59. The highest BCUT2D eigenvalue weighted by Gasteiger charge is 2.16. The Morgan fingerprint density at radius 1 is 1.20 bits per heavy atom. The Labute approximate surface area is 157 Å². The molecule has 0 bridgehead atoms. The van der Waals surface area contributed by atoms with Crippen LogP contribution in [0.4, 0.5) is 0 Å². The molecule has 0 saturated heterocycles. The van der Waals surface area contributed by atoms with Crippen LogP contribution in [0.2, 0.25) is 0 Å².